The molecule has 0 saturated carbocycles. The molecular formula is C9H16N2S. The molecule has 0 aromatic carbocycles. The fourth-order valence-corrected chi connectivity index (χ4v) is 1.87. The summed E-state index contributed by atoms with van der Waals surface area (Å²) in [6.45, 7) is 4.17. The van der Waals surface area contributed by atoms with Crippen molar-refractivity contribution in [1.82, 2.24) is 4.98 Å². The number of nitrogens with two attached hydrogens (primary N) is 1. The van der Waals surface area contributed by atoms with Crippen LogP contribution in [0.2, 0.25) is 0 Å². The molecule has 2 N–H and O–H groups in total. The van der Waals surface area contributed by atoms with E-state index in [1.807, 2.05) is 6.92 Å². The largest absolute Gasteiger partial charge is 0.328 e. The van der Waals surface area contributed by atoms with Crippen LogP contribution in [0.15, 0.2) is 5.38 Å². The summed E-state index contributed by atoms with van der Waals surface area (Å²) in [5.74, 6) is 0. The molecule has 0 spiro atoms. The summed E-state index contributed by atoms with van der Waals surface area (Å²) in [6, 6.07) is 0.291. The third-order valence-electron chi connectivity index (χ3n) is 1.78. The van der Waals surface area contributed by atoms with Crippen LogP contribution in [-0.4, -0.2) is 11.0 Å². The summed E-state index contributed by atoms with van der Waals surface area (Å²) in [4.78, 5) is 4.46. The second-order valence-electron chi connectivity index (χ2n) is 3.10. The van der Waals surface area contributed by atoms with Gasteiger partial charge in [0, 0.05) is 17.8 Å². The molecule has 2 nitrogen and oxygen atoms in total. The monoisotopic (exact) mass is 184 g/mol. The first kappa shape index (κ1) is 9.68. The summed E-state index contributed by atoms with van der Waals surface area (Å²) < 4.78 is 0. The van der Waals surface area contributed by atoms with Gasteiger partial charge in [-0.1, -0.05) is 6.92 Å². The number of nitrogens with zero attached hydrogens (tertiary/aromatic N) is 1. The van der Waals surface area contributed by atoms with Crippen molar-refractivity contribution in [3.8, 4) is 0 Å². The Kier molecular flexibility index (Phi) is 3.69. The molecule has 1 unspecified atom stereocenters. The molecule has 1 heterocycles. The summed E-state index contributed by atoms with van der Waals surface area (Å²) in [6.07, 6.45) is 3.10. The first-order chi connectivity index (χ1) is 5.72. The zero-order chi connectivity index (χ0) is 8.97. The van der Waals surface area contributed by atoms with Gasteiger partial charge in [0.05, 0.1) is 10.7 Å². The predicted octanol–water partition coefficient (Wildman–Crippen LogP) is 1.99. The molecule has 1 rings (SSSR count). The van der Waals surface area contributed by atoms with Crippen LogP contribution in [0.5, 0.6) is 0 Å². The summed E-state index contributed by atoms with van der Waals surface area (Å²) >= 11 is 1.75. The van der Waals surface area contributed by atoms with E-state index >= 15 is 0 Å². The van der Waals surface area contributed by atoms with E-state index in [1.165, 1.54) is 10.7 Å². The Labute approximate surface area is 77.8 Å². The Morgan fingerprint density at radius 2 is 2.42 bits per heavy atom. The van der Waals surface area contributed by atoms with Crippen molar-refractivity contribution in [1.29, 1.82) is 0 Å². The smallest absolute Gasteiger partial charge is 0.0928 e. The maximum absolute atomic E-state index is 5.66. The Morgan fingerprint density at radius 3 is 2.92 bits per heavy atom. The lowest BCUT2D eigenvalue weighted by Crippen LogP contribution is -2.15. The average Bonchev–Trinajstić information content (AvgIpc) is 2.48. The van der Waals surface area contributed by atoms with Gasteiger partial charge in [0.25, 0.3) is 0 Å². The van der Waals surface area contributed by atoms with Crippen molar-refractivity contribution >= 4 is 11.3 Å². The molecule has 0 aliphatic rings. The van der Waals surface area contributed by atoms with Gasteiger partial charge in [-0.2, -0.15) is 0 Å². The first-order valence-corrected chi connectivity index (χ1v) is 5.29. The molecule has 0 amide bonds. The highest BCUT2D eigenvalue weighted by Crippen LogP contribution is 2.12. The number of aryl methyl sites for hydroxylation is 2. The minimum Gasteiger partial charge on any atom is -0.328 e. The zero-order valence-corrected chi connectivity index (χ0v) is 8.53. The van der Waals surface area contributed by atoms with Crippen molar-refractivity contribution in [3.05, 3.63) is 16.1 Å². The highest BCUT2D eigenvalue weighted by molar-refractivity contribution is 7.09. The first-order valence-electron chi connectivity index (χ1n) is 4.41. The third kappa shape index (κ3) is 2.91. The fourth-order valence-electron chi connectivity index (χ4n) is 0.977. The Balaban J connectivity index is 2.41. The van der Waals surface area contributed by atoms with E-state index in [1.54, 1.807) is 11.3 Å². The van der Waals surface area contributed by atoms with Crippen molar-refractivity contribution in [2.45, 2.75) is 39.2 Å². The van der Waals surface area contributed by atoms with Gasteiger partial charge >= 0.3 is 0 Å². The van der Waals surface area contributed by atoms with Gasteiger partial charge in [-0.25, -0.2) is 4.98 Å². The van der Waals surface area contributed by atoms with Gasteiger partial charge in [0.2, 0.25) is 0 Å². The summed E-state index contributed by atoms with van der Waals surface area (Å²) in [7, 11) is 0. The quantitative estimate of drug-likeness (QED) is 0.777. The van der Waals surface area contributed by atoms with Crippen molar-refractivity contribution < 1.29 is 0 Å². The van der Waals surface area contributed by atoms with Crippen LogP contribution in [0.25, 0.3) is 0 Å². The van der Waals surface area contributed by atoms with E-state index in [2.05, 4.69) is 17.3 Å². The van der Waals surface area contributed by atoms with Crippen LogP contribution in [0.3, 0.4) is 0 Å². The number of aromatic nitrogens is 1. The molecule has 1 aromatic heterocycles. The summed E-state index contributed by atoms with van der Waals surface area (Å²) in [5.41, 5.74) is 6.86. The third-order valence-corrected chi connectivity index (χ3v) is 2.73. The fraction of sp³-hybridized carbons (Fsp3) is 0.667. The molecular weight excluding hydrogens is 168 g/mol. The molecule has 0 bridgehead atoms. The van der Waals surface area contributed by atoms with E-state index in [-0.39, 0.29) is 0 Å². The van der Waals surface area contributed by atoms with Crippen molar-refractivity contribution in [3.63, 3.8) is 0 Å². The molecule has 12 heavy (non-hydrogen) atoms. The van der Waals surface area contributed by atoms with Crippen LogP contribution in [0, 0.1) is 0 Å². The molecule has 0 aliphatic heterocycles. The highest BCUT2D eigenvalue weighted by atomic mass is 32.1. The zero-order valence-electron chi connectivity index (χ0n) is 7.71. The number of thiazole rings is 1. The highest BCUT2D eigenvalue weighted by Gasteiger charge is 2.01. The van der Waals surface area contributed by atoms with E-state index in [9.17, 15) is 0 Å². The van der Waals surface area contributed by atoms with Crippen molar-refractivity contribution in [2.24, 2.45) is 5.73 Å². The van der Waals surface area contributed by atoms with E-state index < -0.39 is 0 Å². The summed E-state index contributed by atoms with van der Waals surface area (Å²) in [5, 5.41) is 3.36. The standard InChI is InChI=1S/C9H16N2S/c1-3-8-6-12-9(11-8)5-4-7(2)10/h6-7H,3-5,10H2,1-2H3. The second-order valence-corrected chi connectivity index (χ2v) is 4.04. The Morgan fingerprint density at radius 1 is 1.67 bits per heavy atom. The lowest BCUT2D eigenvalue weighted by Gasteiger charge is -2.00. The molecule has 3 heteroatoms. The molecule has 1 aromatic rings. The predicted molar refractivity (Wildman–Crippen MR) is 53.5 cm³/mol. The van der Waals surface area contributed by atoms with Gasteiger partial charge < -0.3 is 5.73 Å². The number of rotatable bonds is 4. The molecule has 0 fully saturated rings. The van der Waals surface area contributed by atoms with Gasteiger partial charge in [0.15, 0.2) is 0 Å². The van der Waals surface area contributed by atoms with Crippen LogP contribution in [-0.2, 0) is 12.8 Å². The van der Waals surface area contributed by atoms with Gasteiger partial charge in [0.1, 0.15) is 0 Å². The van der Waals surface area contributed by atoms with Gasteiger partial charge in [-0.15, -0.1) is 11.3 Å². The van der Waals surface area contributed by atoms with E-state index in [0.717, 1.165) is 19.3 Å². The lowest BCUT2D eigenvalue weighted by atomic mass is 10.2. The van der Waals surface area contributed by atoms with E-state index in [4.69, 9.17) is 5.73 Å². The Hall–Kier alpha value is -0.410. The normalized spacial score (nSPS) is 13.2. The van der Waals surface area contributed by atoms with Crippen LogP contribution in [0.1, 0.15) is 31.0 Å². The minimum atomic E-state index is 0.291. The lowest BCUT2D eigenvalue weighted by molar-refractivity contribution is 0.663. The second kappa shape index (κ2) is 4.58. The van der Waals surface area contributed by atoms with Crippen LogP contribution < -0.4 is 5.73 Å². The number of hydrogen-bond acceptors (Lipinski definition) is 3. The molecule has 1 atom stereocenters. The molecule has 0 aliphatic carbocycles. The minimum absolute atomic E-state index is 0.291. The van der Waals surface area contributed by atoms with Crippen LogP contribution >= 0.6 is 11.3 Å². The van der Waals surface area contributed by atoms with Crippen molar-refractivity contribution in [2.75, 3.05) is 0 Å². The average molecular weight is 184 g/mol. The maximum atomic E-state index is 5.66. The number of hydrogen-bond donors (Lipinski definition) is 1. The molecule has 0 radical (unpaired) electrons. The maximum Gasteiger partial charge on any atom is 0.0928 e. The van der Waals surface area contributed by atoms with Gasteiger partial charge in [-0.05, 0) is 19.8 Å². The van der Waals surface area contributed by atoms with Gasteiger partial charge in [-0.3, -0.25) is 0 Å². The molecule has 68 valence electrons. The topological polar surface area (TPSA) is 38.9 Å². The molecule has 0 saturated heterocycles. The van der Waals surface area contributed by atoms with E-state index in [0.29, 0.717) is 6.04 Å². The Bertz CT molecular complexity index is 230. The SMILES string of the molecule is CCc1csc(CCC(C)N)n1. The van der Waals surface area contributed by atoms with Crippen LogP contribution in [0.4, 0.5) is 0 Å².